The molecular weight excluding hydrogens is 360 g/mol. The average molecular weight is 384 g/mol. The fourth-order valence-corrected chi connectivity index (χ4v) is 4.08. The molecule has 0 unspecified atom stereocenters. The maximum atomic E-state index is 12.7. The summed E-state index contributed by atoms with van der Waals surface area (Å²) in [5, 5.41) is 15.3. The molecule has 148 valence electrons. The molecule has 7 nitrogen and oxygen atoms in total. The van der Waals surface area contributed by atoms with Gasteiger partial charge in [0.1, 0.15) is 17.3 Å². The predicted octanol–water partition coefficient (Wildman–Crippen LogP) is 3.09. The lowest BCUT2D eigenvalue weighted by molar-refractivity contribution is -0.527. The highest BCUT2D eigenvalue weighted by Crippen LogP contribution is 2.46. The minimum absolute atomic E-state index is 0.306. The number of carbonyl (C=O) groups is 1. The van der Waals surface area contributed by atoms with E-state index in [4.69, 9.17) is 9.47 Å². The molecule has 3 rings (SSSR count). The number of hydrogen-bond acceptors (Lipinski definition) is 6. The first-order valence-electron chi connectivity index (χ1n) is 9.19. The zero-order valence-corrected chi connectivity index (χ0v) is 16.1. The van der Waals surface area contributed by atoms with Crippen molar-refractivity contribution in [2.24, 2.45) is 0 Å². The van der Waals surface area contributed by atoms with Crippen LogP contribution in [0.2, 0.25) is 0 Å². The van der Waals surface area contributed by atoms with Crippen LogP contribution in [-0.4, -0.2) is 36.2 Å². The summed E-state index contributed by atoms with van der Waals surface area (Å²) >= 11 is 0. The van der Waals surface area contributed by atoms with Crippen molar-refractivity contribution in [1.29, 1.82) is 0 Å². The molecule has 1 fully saturated rings. The fourth-order valence-electron chi connectivity index (χ4n) is 4.08. The SMILES string of the molecule is CCOc1ccc([C@H]2[C@H]([N+](=O)[O-])[C@H](c3ccccc3)N[C@]2(C)C(=O)OC)cc1. The summed E-state index contributed by atoms with van der Waals surface area (Å²) in [7, 11) is 1.29. The number of benzene rings is 2. The molecule has 1 heterocycles. The van der Waals surface area contributed by atoms with E-state index in [0.717, 1.165) is 5.56 Å². The molecule has 0 aromatic heterocycles. The normalized spacial score (nSPS) is 26.6. The standard InChI is InChI=1S/C21H24N2O5/c1-4-28-16-12-10-14(11-13-16)17-19(23(25)26)18(15-8-6-5-7-9-15)22-21(17,2)20(24)27-3/h5-13,17-19,22H,4H2,1-3H3/t17-,18-,19-,21-/m0/s1. The van der Waals surface area contributed by atoms with Gasteiger partial charge in [0.2, 0.25) is 6.04 Å². The number of nitrogens with one attached hydrogen (secondary N) is 1. The van der Waals surface area contributed by atoms with Crippen LogP contribution in [0, 0.1) is 10.1 Å². The second-order valence-electron chi connectivity index (χ2n) is 6.98. The number of nitro groups is 1. The molecule has 1 saturated heterocycles. The smallest absolute Gasteiger partial charge is 0.326 e. The lowest BCUT2D eigenvalue weighted by atomic mass is 9.78. The van der Waals surface area contributed by atoms with Crippen molar-refractivity contribution >= 4 is 5.97 Å². The Balaban J connectivity index is 2.10. The van der Waals surface area contributed by atoms with Crippen molar-refractivity contribution in [2.75, 3.05) is 13.7 Å². The quantitative estimate of drug-likeness (QED) is 0.468. The first-order chi connectivity index (χ1) is 13.4. The third-order valence-electron chi connectivity index (χ3n) is 5.32. The summed E-state index contributed by atoms with van der Waals surface area (Å²) in [6.07, 6.45) is 0. The zero-order valence-electron chi connectivity index (χ0n) is 16.1. The Bertz CT molecular complexity index is 840. The van der Waals surface area contributed by atoms with Crippen molar-refractivity contribution in [3.8, 4) is 5.75 Å². The summed E-state index contributed by atoms with van der Waals surface area (Å²) in [4.78, 5) is 24.5. The highest BCUT2D eigenvalue weighted by molar-refractivity contribution is 5.83. The van der Waals surface area contributed by atoms with Gasteiger partial charge < -0.3 is 9.47 Å². The molecule has 0 radical (unpaired) electrons. The van der Waals surface area contributed by atoms with Crippen LogP contribution in [0.25, 0.3) is 0 Å². The minimum atomic E-state index is -1.25. The van der Waals surface area contributed by atoms with Crippen LogP contribution in [-0.2, 0) is 9.53 Å². The number of esters is 1. The van der Waals surface area contributed by atoms with Crippen molar-refractivity contribution in [2.45, 2.75) is 37.4 Å². The van der Waals surface area contributed by atoms with E-state index in [-0.39, 0.29) is 4.92 Å². The Labute approximate surface area is 163 Å². The molecule has 28 heavy (non-hydrogen) atoms. The predicted molar refractivity (Wildman–Crippen MR) is 104 cm³/mol. The third kappa shape index (κ3) is 3.45. The van der Waals surface area contributed by atoms with E-state index in [1.807, 2.05) is 37.3 Å². The summed E-state index contributed by atoms with van der Waals surface area (Å²) in [5.41, 5.74) is 0.192. The lowest BCUT2D eigenvalue weighted by Crippen LogP contribution is -2.50. The highest BCUT2D eigenvalue weighted by atomic mass is 16.6. The Morgan fingerprint density at radius 1 is 1.14 bits per heavy atom. The van der Waals surface area contributed by atoms with E-state index in [1.165, 1.54) is 7.11 Å². The van der Waals surface area contributed by atoms with Crippen molar-refractivity contribution in [1.82, 2.24) is 5.32 Å². The van der Waals surface area contributed by atoms with Crippen LogP contribution < -0.4 is 10.1 Å². The van der Waals surface area contributed by atoms with Crippen LogP contribution in [0.3, 0.4) is 0 Å². The molecule has 1 aliphatic rings. The van der Waals surface area contributed by atoms with Gasteiger partial charge in [0, 0.05) is 4.92 Å². The molecule has 0 spiro atoms. The first kappa shape index (κ1) is 19.8. The minimum Gasteiger partial charge on any atom is -0.494 e. The van der Waals surface area contributed by atoms with E-state index in [1.54, 1.807) is 31.2 Å². The van der Waals surface area contributed by atoms with Crippen LogP contribution >= 0.6 is 0 Å². The Hall–Kier alpha value is -2.93. The summed E-state index contributed by atoms with van der Waals surface area (Å²) in [5.74, 6) is -0.568. The van der Waals surface area contributed by atoms with Gasteiger partial charge in [-0.25, -0.2) is 0 Å². The molecule has 0 aliphatic carbocycles. The second-order valence-corrected chi connectivity index (χ2v) is 6.98. The molecule has 0 amide bonds. The molecule has 2 aromatic rings. The summed E-state index contributed by atoms with van der Waals surface area (Å²) < 4.78 is 10.5. The first-order valence-corrected chi connectivity index (χ1v) is 9.19. The van der Waals surface area contributed by atoms with Gasteiger partial charge in [-0.2, -0.15) is 0 Å². The van der Waals surface area contributed by atoms with E-state index in [0.29, 0.717) is 17.9 Å². The van der Waals surface area contributed by atoms with E-state index in [9.17, 15) is 14.9 Å². The topological polar surface area (TPSA) is 90.7 Å². The molecule has 0 bridgehead atoms. The van der Waals surface area contributed by atoms with Gasteiger partial charge in [-0.15, -0.1) is 0 Å². The fraction of sp³-hybridized carbons (Fsp3) is 0.381. The number of methoxy groups -OCH3 is 1. The van der Waals surface area contributed by atoms with Crippen LogP contribution in [0.15, 0.2) is 54.6 Å². The van der Waals surface area contributed by atoms with E-state index >= 15 is 0 Å². The van der Waals surface area contributed by atoms with Gasteiger partial charge >= 0.3 is 5.97 Å². The number of hydrogen-bond donors (Lipinski definition) is 1. The summed E-state index contributed by atoms with van der Waals surface area (Å²) in [6.45, 7) is 4.08. The maximum absolute atomic E-state index is 12.7. The van der Waals surface area contributed by atoms with Crippen molar-refractivity contribution < 1.29 is 19.2 Å². The largest absolute Gasteiger partial charge is 0.494 e. The second kappa shape index (κ2) is 7.98. The Morgan fingerprint density at radius 3 is 2.32 bits per heavy atom. The van der Waals surface area contributed by atoms with Crippen LogP contribution in [0.4, 0.5) is 0 Å². The van der Waals surface area contributed by atoms with E-state index < -0.39 is 29.5 Å². The number of carbonyl (C=O) groups excluding carboxylic acids is 1. The molecular formula is C21H24N2O5. The number of rotatable bonds is 6. The zero-order chi connectivity index (χ0) is 20.3. The van der Waals surface area contributed by atoms with Gasteiger partial charge in [0.15, 0.2) is 0 Å². The molecule has 0 saturated carbocycles. The van der Waals surface area contributed by atoms with Crippen LogP contribution in [0.1, 0.15) is 36.9 Å². The van der Waals surface area contributed by atoms with Gasteiger partial charge in [-0.3, -0.25) is 20.2 Å². The average Bonchev–Trinajstić information content (AvgIpc) is 3.03. The third-order valence-corrected chi connectivity index (χ3v) is 5.32. The highest BCUT2D eigenvalue weighted by Gasteiger charge is 2.62. The van der Waals surface area contributed by atoms with Crippen molar-refractivity contribution in [3.05, 3.63) is 75.8 Å². The Morgan fingerprint density at radius 2 is 1.79 bits per heavy atom. The summed E-state index contributed by atoms with van der Waals surface area (Å²) in [6, 6.07) is 14.6. The van der Waals surface area contributed by atoms with Gasteiger partial charge in [0.25, 0.3) is 0 Å². The van der Waals surface area contributed by atoms with Gasteiger partial charge in [-0.1, -0.05) is 42.5 Å². The lowest BCUT2D eigenvalue weighted by Gasteiger charge is -2.28. The van der Waals surface area contributed by atoms with Crippen LogP contribution in [0.5, 0.6) is 5.75 Å². The molecule has 1 N–H and O–H groups in total. The molecule has 7 heteroatoms. The Kier molecular flexibility index (Phi) is 5.65. The maximum Gasteiger partial charge on any atom is 0.326 e. The molecule has 1 aliphatic heterocycles. The number of ether oxygens (including phenoxy) is 2. The van der Waals surface area contributed by atoms with Crippen molar-refractivity contribution in [3.63, 3.8) is 0 Å². The monoisotopic (exact) mass is 384 g/mol. The van der Waals surface area contributed by atoms with E-state index in [2.05, 4.69) is 5.32 Å². The van der Waals surface area contributed by atoms with Gasteiger partial charge in [0.05, 0.1) is 19.6 Å². The van der Waals surface area contributed by atoms with Gasteiger partial charge in [-0.05, 0) is 37.1 Å². The molecule has 2 aromatic carbocycles. The molecule has 4 atom stereocenters. The number of nitrogens with zero attached hydrogens (tertiary/aromatic N) is 1.